The number of nitrogens with zero attached hydrogens (tertiary/aromatic N) is 2. The Bertz CT molecular complexity index is 536. The Balaban J connectivity index is 1.74. The molecule has 1 fully saturated rings. The van der Waals surface area contributed by atoms with Crippen molar-refractivity contribution in [2.75, 3.05) is 19.7 Å². The minimum absolute atomic E-state index is 0.303. The highest BCUT2D eigenvalue weighted by Crippen LogP contribution is 2.26. The molecule has 4 nitrogen and oxygen atoms in total. The third-order valence-electron chi connectivity index (χ3n) is 3.32. The van der Waals surface area contributed by atoms with Gasteiger partial charge in [-0.2, -0.15) is 0 Å². The standard InChI is InChI=1S/C14H18N2O2S/c1-10-8-16(5-6-17-10)9-12-11(2)18-14(15-12)13-4-3-7-19-13/h3-4,7,10H,5-6,8-9H2,1-2H3. The topological polar surface area (TPSA) is 38.5 Å². The van der Waals surface area contributed by atoms with Crippen molar-refractivity contribution in [2.24, 2.45) is 0 Å². The molecule has 0 aliphatic carbocycles. The highest BCUT2D eigenvalue weighted by molar-refractivity contribution is 7.13. The van der Waals surface area contributed by atoms with Crippen LogP contribution in [0, 0.1) is 6.92 Å². The molecule has 1 aliphatic heterocycles. The van der Waals surface area contributed by atoms with Crippen molar-refractivity contribution in [1.82, 2.24) is 9.88 Å². The van der Waals surface area contributed by atoms with Gasteiger partial charge in [0, 0.05) is 19.6 Å². The van der Waals surface area contributed by atoms with E-state index in [4.69, 9.17) is 9.15 Å². The van der Waals surface area contributed by atoms with Crippen molar-refractivity contribution in [1.29, 1.82) is 0 Å². The molecule has 2 aromatic rings. The first-order valence-corrected chi connectivity index (χ1v) is 7.44. The Kier molecular flexibility index (Phi) is 3.68. The summed E-state index contributed by atoms with van der Waals surface area (Å²) in [7, 11) is 0. The first-order chi connectivity index (χ1) is 9.22. The van der Waals surface area contributed by atoms with E-state index in [1.54, 1.807) is 11.3 Å². The summed E-state index contributed by atoms with van der Waals surface area (Å²) in [5.41, 5.74) is 1.04. The van der Waals surface area contributed by atoms with Crippen LogP contribution in [0.5, 0.6) is 0 Å². The quantitative estimate of drug-likeness (QED) is 0.865. The molecule has 0 N–H and O–H groups in total. The molecule has 3 rings (SSSR count). The van der Waals surface area contributed by atoms with Crippen LogP contribution in [0.4, 0.5) is 0 Å². The second-order valence-electron chi connectivity index (χ2n) is 4.92. The van der Waals surface area contributed by atoms with Crippen LogP contribution < -0.4 is 0 Å². The van der Waals surface area contributed by atoms with E-state index in [9.17, 15) is 0 Å². The van der Waals surface area contributed by atoms with Crippen molar-refractivity contribution in [3.63, 3.8) is 0 Å². The molecule has 0 radical (unpaired) electrons. The maximum atomic E-state index is 5.77. The zero-order chi connectivity index (χ0) is 13.2. The Morgan fingerprint density at radius 2 is 2.42 bits per heavy atom. The van der Waals surface area contributed by atoms with E-state index < -0.39 is 0 Å². The minimum Gasteiger partial charge on any atom is -0.440 e. The predicted molar refractivity (Wildman–Crippen MR) is 75.2 cm³/mol. The van der Waals surface area contributed by atoms with Crippen molar-refractivity contribution in [3.05, 3.63) is 29.0 Å². The average molecular weight is 278 g/mol. The number of aromatic nitrogens is 1. The average Bonchev–Trinajstić information content (AvgIpc) is 3.00. The van der Waals surface area contributed by atoms with Gasteiger partial charge in [-0.05, 0) is 25.3 Å². The van der Waals surface area contributed by atoms with Gasteiger partial charge in [-0.1, -0.05) is 6.07 Å². The molecule has 19 heavy (non-hydrogen) atoms. The van der Waals surface area contributed by atoms with Crippen LogP contribution in [0.3, 0.4) is 0 Å². The minimum atomic E-state index is 0.303. The van der Waals surface area contributed by atoms with E-state index in [1.165, 1.54) is 0 Å². The molecule has 2 aromatic heterocycles. The molecular weight excluding hydrogens is 260 g/mol. The lowest BCUT2D eigenvalue weighted by atomic mass is 10.2. The van der Waals surface area contributed by atoms with Gasteiger partial charge in [-0.3, -0.25) is 4.90 Å². The third kappa shape index (κ3) is 2.88. The Morgan fingerprint density at radius 3 is 3.16 bits per heavy atom. The van der Waals surface area contributed by atoms with Crippen LogP contribution in [0.25, 0.3) is 10.8 Å². The summed E-state index contributed by atoms with van der Waals surface area (Å²) < 4.78 is 11.3. The van der Waals surface area contributed by atoms with Crippen molar-refractivity contribution >= 4 is 11.3 Å². The van der Waals surface area contributed by atoms with Crippen LogP contribution >= 0.6 is 11.3 Å². The zero-order valence-corrected chi connectivity index (χ0v) is 12.1. The van der Waals surface area contributed by atoms with Gasteiger partial charge < -0.3 is 9.15 Å². The van der Waals surface area contributed by atoms with Crippen LogP contribution in [-0.4, -0.2) is 35.7 Å². The van der Waals surface area contributed by atoms with E-state index in [2.05, 4.69) is 16.8 Å². The molecule has 0 spiro atoms. The SMILES string of the molecule is Cc1oc(-c2cccs2)nc1CN1CCOC(C)C1. The second kappa shape index (κ2) is 5.45. The predicted octanol–water partition coefficient (Wildman–Crippen LogP) is 2.93. The van der Waals surface area contributed by atoms with Gasteiger partial charge in [0.1, 0.15) is 5.76 Å². The number of oxazole rings is 1. The molecule has 102 valence electrons. The van der Waals surface area contributed by atoms with E-state index in [0.29, 0.717) is 6.10 Å². The highest BCUT2D eigenvalue weighted by atomic mass is 32.1. The summed E-state index contributed by atoms with van der Waals surface area (Å²) in [6.07, 6.45) is 0.303. The van der Waals surface area contributed by atoms with Crippen LogP contribution in [0.2, 0.25) is 0 Å². The van der Waals surface area contributed by atoms with Crippen LogP contribution in [0.15, 0.2) is 21.9 Å². The first-order valence-electron chi connectivity index (χ1n) is 6.56. The lowest BCUT2D eigenvalue weighted by molar-refractivity contribution is -0.0216. The summed E-state index contributed by atoms with van der Waals surface area (Å²) in [6.45, 7) is 7.66. The van der Waals surface area contributed by atoms with Crippen LogP contribution in [-0.2, 0) is 11.3 Å². The number of ether oxygens (including phenoxy) is 1. The molecule has 1 unspecified atom stereocenters. The van der Waals surface area contributed by atoms with E-state index in [1.807, 2.05) is 24.4 Å². The zero-order valence-electron chi connectivity index (χ0n) is 11.3. The van der Waals surface area contributed by atoms with Crippen LogP contribution in [0.1, 0.15) is 18.4 Å². The molecule has 0 saturated carbocycles. The molecule has 1 saturated heterocycles. The number of hydrogen-bond donors (Lipinski definition) is 0. The van der Waals surface area contributed by atoms with Crippen molar-refractivity contribution in [3.8, 4) is 10.8 Å². The second-order valence-corrected chi connectivity index (χ2v) is 5.86. The van der Waals surface area contributed by atoms with E-state index in [0.717, 1.165) is 48.5 Å². The Labute approximate surface area is 117 Å². The fraction of sp³-hybridized carbons (Fsp3) is 0.500. The lowest BCUT2D eigenvalue weighted by Crippen LogP contribution is -2.40. The number of thiophene rings is 1. The highest BCUT2D eigenvalue weighted by Gasteiger charge is 2.20. The maximum absolute atomic E-state index is 5.77. The van der Waals surface area contributed by atoms with Gasteiger partial charge in [0.2, 0.25) is 5.89 Å². The fourth-order valence-corrected chi connectivity index (χ4v) is 2.98. The Hall–Kier alpha value is -1.17. The summed E-state index contributed by atoms with van der Waals surface area (Å²) in [5, 5.41) is 2.04. The maximum Gasteiger partial charge on any atom is 0.236 e. The fourth-order valence-electron chi connectivity index (χ4n) is 2.33. The van der Waals surface area contributed by atoms with Gasteiger partial charge in [-0.15, -0.1) is 11.3 Å². The van der Waals surface area contributed by atoms with Gasteiger partial charge in [0.05, 0.1) is 23.3 Å². The van der Waals surface area contributed by atoms with Gasteiger partial charge >= 0.3 is 0 Å². The number of morpholine rings is 1. The number of hydrogen-bond acceptors (Lipinski definition) is 5. The number of aryl methyl sites for hydroxylation is 1. The molecular formula is C14H18N2O2S. The Morgan fingerprint density at radius 1 is 1.53 bits per heavy atom. The first kappa shape index (κ1) is 12.8. The van der Waals surface area contributed by atoms with Gasteiger partial charge in [0.25, 0.3) is 0 Å². The molecule has 0 amide bonds. The summed E-state index contributed by atoms with van der Waals surface area (Å²) >= 11 is 1.65. The largest absolute Gasteiger partial charge is 0.440 e. The molecule has 1 atom stereocenters. The molecule has 3 heterocycles. The molecule has 0 bridgehead atoms. The summed E-state index contributed by atoms with van der Waals surface area (Å²) in [6, 6.07) is 4.05. The van der Waals surface area contributed by atoms with Gasteiger partial charge in [-0.25, -0.2) is 4.98 Å². The number of rotatable bonds is 3. The summed E-state index contributed by atoms with van der Waals surface area (Å²) in [5.74, 6) is 1.66. The third-order valence-corrected chi connectivity index (χ3v) is 4.18. The van der Waals surface area contributed by atoms with Gasteiger partial charge in [0.15, 0.2) is 0 Å². The van der Waals surface area contributed by atoms with E-state index >= 15 is 0 Å². The molecule has 1 aliphatic rings. The van der Waals surface area contributed by atoms with Crippen molar-refractivity contribution in [2.45, 2.75) is 26.5 Å². The summed E-state index contributed by atoms with van der Waals surface area (Å²) in [4.78, 5) is 8.09. The molecule has 5 heteroatoms. The van der Waals surface area contributed by atoms with Crippen molar-refractivity contribution < 1.29 is 9.15 Å². The smallest absolute Gasteiger partial charge is 0.236 e. The normalized spacial score (nSPS) is 20.8. The monoisotopic (exact) mass is 278 g/mol. The lowest BCUT2D eigenvalue weighted by Gasteiger charge is -2.30. The van der Waals surface area contributed by atoms with E-state index in [-0.39, 0.29) is 0 Å². The molecule has 0 aromatic carbocycles.